The van der Waals surface area contributed by atoms with E-state index >= 15 is 0 Å². The Labute approximate surface area is 128 Å². The first-order chi connectivity index (χ1) is 10.2. The van der Waals surface area contributed by atoms with Gasteiger partial charge in [-0.05, 0) is 75.4 Å². The lowest BCUT2D eigenvalue weighted by molar-refractivity contribution is 0.117. The molecule has 1 aromatic carbocycles. The van der Waals surface area contributed by atoms with E-state index in [1.165, 1.54) is 50.1 Å². The Morgan fingerprint density at radius 2 is 2.00 bits per heavy atom. The maximum absolute atomic E-state index is 5.93. The van der Waals surface area contributed by atoms with Crippen LogP contribution in [0.4, 0.5) is 0 Å². The topological polar surface area (TPSA) is 24.5 Å². The number of rotatable bonds is 5. The molecule has 2 atom stereocenters. The molecule has 21 heavy (non-hydrogen) atoms. The van der Waals surface area contributed by atoms with Crippen LogP contribution in [0.2, 0.25) is 0 Å². The van der Waals surface area contributed by atoms with Gasteiger partial charge >= 0.3 is 0 Å². The van der Waals surface area contributed by atoms with E-state index in [9.17, 15) is 0 Å². The van der Waals surface area contributed by atoms with Crippen molar-refractivity contribution in [1.82, 2.24) is 10.2 Å². The van der Waals surface area contributed by atoms with Gasteiger partial charge in [0.15, 0.2) is 0 Å². The Kier molecular flexibility index (Phi) is 4.81. The molecule has 3 rings (SSSR count). The average molecular weight is 288 g/mol. The number of hydrogen-bond donors (Lipinski definition) is 1. The van der Waals surface area contributed by atoms with Crippen LogP contribution in [0.15, 0.2) is 18.2 Å². The lowest BCUT2D eigenvalue weighted by atomic mass is 9.92. The number of hydrogen-bond acceptors (Lipinski definition) is 3. The highest BCUT2D eigenvalue weighted by atomic mass is 16.5. The minimum absolute atomic E-state index is 0.778. The van der Waals surface area contributed by atoms with Crippen LogP contribution in [-0.2, 0) is 0 Å². The van der Waals surface area contributed by atoms with Crippen molar-refractivity contribution in [2.24, 2.45) is 5.92 Å². The molecule has 3 nitrogen and oxygen atoms in total. The largest absolute Gasteiger partial charge is 0.494 e. The van der Waals surface area contributed by atoms with Gasteiger partial charge in [0, 0.05) is 19.1 Å². The third-order valence-corrected chi connectivity index (χ3v) is 4.85. The fourth-order valence-electron chi connectivity index (χ4n) is 3.91. The number of aryl methyl sites for hydroxylation is 2. The predicted molar refractivity (Wildman–Crippen MR) is 87.0 cm³/mol. The van der Waals surface area contributed by atoms with Crippen LogP contribution < -0.4 is 10.1 Å². The minimum atomic E-state index is 0.778. The van der Waals surface area contributed by atoms with Crippen LogP contribution in [0.1, 0.15) is 30.4 Å². The molecular formula is C18H28N2O. The van der Waals surface area contributed by atoms with Crippen LogP contribution in [0, 0.1) is 19.8 Å². The van der Waals surface area contributed by atoms with Crippen molar-refractivity contribution in [3.8, 4) is 5.75 Å². The number of nitrogens with zero attached hydrogens (tertiary/aromatic N) is 1. The summed E-state index contributed by atoms with van der Waals surface area (Å²) < 4.78 is 5.93. The standard InChI is InChI=1S/C18H28N2O/c1-14-9-15(2)11-17(10-14)21-8-4-7-20-6-3-5-16-12-19-13-18(16)20/h9-11,16,18-19H,3-8,12-13H2,1-2H3. The van der Waals surface area contributed by atoms with Gasteiger partial charge in [0.25, 0.3) is 0 Å². The zero-order valence-corrected chi connectivity index (χ0v) is 13.4. The summed E-state index contributed by atoms with van der Waals surface area (Å²) in [6, 6.07) is 7.23. The number of likely N-dealkylation sites (tertiary alicyclic amines) is 1. The molecule has 3 heteroatoms. The number of ether oxygens (including phenoxy) is 1. The zero-order valence-electron chi connectivity index (χ0n) is 13.4. The molecule has 0 saturated carbocycles. The second-order valence-corrected chi connectivity index (χ2v) is 6.69. The minimum Gasteiger partial charge on any atom is -0.494 e. The van der Waals surface area contributed by atoms with E-state index < -0.39 is 0 Å². The average Bonchev–Trinajstić information content (AvgIpc) is 2.91. The molecular weight excluding hydrogens is 260 g/mol. The molecule has 116 valence electrons. The monoisotopic (exact) mass is 288 g/mol. The van der Waals surface area contributed by atoms with Crippen LogP contribution in [0.3, 0.4) is 0 Å². The number of nitrogens with one attached hydrogen (secondary N) is 1. The Balaban J connectivity index is 1.43. The van der Waals surface area contributed by atoms with E-state index in [2.05, 4.69) is 42.3 Å². The lowest BCUT2D eigenvalue weighted by Gasteiger charge is -2.37. The number of benzene rings is 1. The van der Waals surface area contributed by atoms with Gasteiger partial charge in [0.1, 0.15) is 5.75 Å². The highest BCUT2D eigenvalue weighted by molar-refractivity contribution is 5.32. The highest BCUT2D eigenvalue weighted by Gasteiger charge is 2.34. The molecule has 1 N–H and O–H groups in total. The molecule has 2 aliphatic rings. The molecule has 2 unspecified atom stereocenters. The molecule has 0 radical (unpaired) electrons. The quantitative estimate of drug-likeness (QED) is 0.843. The van der Waals surface area contributed by atoms with Gasteiger partial charge < -0.3 is 10.1 Å². The SMILES string of the molecule is Cc1cc(C)cc(OCCCN2CCCC3CNCC32)c1. The molecule has 0 amide bonds. The Bertz CT molecular complexity index is 454. The summed E-state index contributed by atoms with van der Waals surface area (Å²) in [4.78, 5) is 2.68. The fourth-order valence-corrected chi connectivity index (χ4v) is 3.91. The zero-order chi connectivity index (χ0) is 14.7. The number of fused-ring (bicyclic) bond motifs is 1. The molecule has 0 aromatic heterocycles. The Morgan fingerprint density at radius 1 is 1.19 bits per heavy atom. The van der Waals surface area contributed by atoms with E-state index in [1.807, 2.05) is 0 Å². The van der Waals surface area contributed by atoms with Crippen molar-refractivity contribution < 1.29 is 4.74 Å². The summed E-state index contributed by atoms with van der Waals surface area (Å²) in [6.07, 6.45) is 3.89. The van der Waals surface area contributed by atoms with Crippen molar-refractivity contribution in [1.29, 1.82) is 0 Å². The van der Waals surface area contributed by atoms with Crippen LogP contribution in [0.5, 0.6) is 5.75 Å². The summed E-state index contributed by atoms with van der Waals surface area (Å²) in [5.74, 6) is 1.91. The van der Waals surface area contributed by atoms with Crippen LogP contribution in [-0.4, -0.2) is 43.7 Å². The predicted octanol–water partition coefficient (Wildman–Crippen LogP) is 2.76. The van der Waals surface area contributed by atoms with Gasteiger partial charge in [-0.15, -0.1) is 0 Å². The maximum atomic E-state index is 5.93. The van der Waals surface area contributed by atoms with Crippen molar-refractivity contribution in [2.45, 2.75) is 39.2 Å². The second kappa shape index (κ2) is 6.80. The first kappa shape index (κ1) is 14.9. The summed E-state index contributed by atoms with van der Waals surface area (Å²) in [6.45, 7) is 9.93. The lowest BCUT2D eigenvalue weighted by Crippen LogP contribution is -2.45. The van der Waals surface area contributed by atoms with Gasteiger partial charge in [-0.2, -0.15) is 0 Å². The number of piperidine rings is 1. The van der Waals surface area contributed by atoms with E-state index in [4.69, 9.17) is 4.74 Å². The first-order valence-electron chi connectivity index (χ1n) is 8.38. The van der Waals surface area contributed by atoms with Crippen molar-refractivity contribution >= 4 is 0 Å². The molecule has 2 saturated heterocycles. The third-order valence-electron chi connectivity index (χ3n) is 4.85. The summed E-state index contributed by atoms with van der Waals surface area (Å²) in [5, 5.41) is 3.55. The van der Waals surface area contributed by atoms with Crippen molar-refractivity contribution in [3.05, 3.63) is 29.3 Å². The summed E-state index contributed by atoms with van der Waals surface area (Å²) >= 11 is 0. The van der Waals surface area contributed by atoms with Crippen LogP contribution in [0.25, 0.3) is 0 Å². The first-order valence-corrected chi connectivity index (χ1v) is 8.38. The van der Waals surface area contributed by atoms with Crippen molar-refractivity contribution in [3.63, 3.8) is 0 Å². The Morgan fingerprint density at radius 3 is 2.81 bits per heavy atom. The van der Waals surface area contributed by atoms with Gasteiger partial charge in [0.2, 0.25) is 0 Å². The molecule has 0 aliphatic carbocycles. The van der Waals surface area contributed by atoms with E-state index in [0.717, 1.165) is 30.7 Å². The van der Waals surface area contributed by atoms with Gasteiger partial charge in [-0.25, -0.2) is 0 Å². The highest BCUT2D eigenvalue weighted by Crippen LogP contribution is 2.26. The summed E-state index contributed by atoms with van der Waals surface area (Å²) in [5.41, 5.74) is 2.56. The summed E-state index contributed by atoms with van der Waals surface area (Å²) in [7, 11) is 0. The van der Waals surface area contributed by atoms with Gasteiger partial charge in [-0.1, -0.05) is 6.07 Å². The van der Waals surface area contributed by atoms with Crippen LogP contribution >= 0.6 is 0 Å². The second-order valence-electron chi connectivity index (χ2n) is 6.69. The third kappa shape index (κ3) is 3.78. The molecule has 2 heterocycles. The maximum Gasteiger partial charge on any atom is 0.119 e. The molecule has 0 bridgehead atoms. The van der Waals surface area contributed by atoms with E-state index in [1.54, 1.807) is 0 Å². The molecule has 2 aliphatic heterocycles. The van der Waals surface area contributed by atoms with E-state index in [-0.39, 0.29) is 0 Å². The fraction of sp³-hybridized carbons (Fsp3) is 0.667. The van der Waals surface area contributed by atoms with E-state index in [0.29, 0.717) is 0 Å². The Hall–Kier alpha value is -1.06. The normalized spacial score (nSPS) is 25.8. The van der Waals surface area contributed by atoms with Gasteiger partial charge in [0.05, 0.1) is 6.61 Å². The van der Waals surface area contributed by atoms with Crippen molar-refractivity contribution in [2.75, 3.05) is 32.8 Å². The molecule has 1 aromatic rings. The molecule has 0 spiro atoms. The smallest absolute Gasteiger partial charge is 0.119 e. The molecule has 2 fully saturated rings. The van der Waals surface area contributed by atoms with Gasteiger partial charge in [-0.3, -0.25) is 4.90 Å².